The Morgan fingerprint density at radius 3 is 2.13 bits per heavy atom. The van der Waals surface area contributed by atoms with Crippen molar-refractivity contribution in [3.05, 3.63) is 119 Å². The van der Waals surface area contributed by atoms with Crippen LogP contribution in [-0.2, 0) is 6.54 Å². The standard InChI is InChI=1S/C31H28N4O3/c36-29(24-13-11-23(12-14-24)22-7-3-1-4-8-22)34-18-21-17-25(20-34)28-16-15-27(30(37)35(28)19-21)33-31(38)32-26-9-5-2-6-10-26/h1-16,21,25H,17-20H2,(H2,32,33,38)/t21-,25+/m0/s1. The molecule has 7 nitrogen and oxygen atoms in total. The van der Waals surface area contributed by atoms with Crippen molar-refractivity contribution in [1.29, 1.82) is 0 Å². The lowest BCUT2D eigenvalue weighted by Crippen LogP contribution is -2.49. The van der Waals surface area contributed by atoms with Crippen LogP contribution < -0.4 is 16.2 Å². The average Bonchev–Trinajstić information content (AvgIpc) is 2.95. The van der Waals surface area contributed by atoms with E-state index in [4.69, 9.17) is 0 Å². The molecule has 1 saturated heterocycles. The summed E-state index contributed by atoms with van der Waals surface area (Å²) in [6.45, 7) is 1.70. The van der Waals surface area contributed by atoms with Gasteiger partial charge in [-0.3, -0.25) is 9.59 Å². The largest absolute Gasteiger partial charge is 0.338 e. The molecule has 4 aromatic rings. The van der Waals surface area contributed by atoms with E-state index >= 15 is 0 Å². The van der Waals surface area contributed by atoms with Crippen molar-refractivity contribution in [3.63, 3.8) is 0 Å². The molecule has 38 heavy (non-hydrogen) atoms. The van der Waals surface area contributed by atoms with E-state index in [1.807, 2.05) is 71.6 Å². The smallest absolute Gasteiger partial charge is 0.323 e. The van der Waals surface area contributed by atoms with Crippen molar-refractivity contribution in [3.8, 4) is 11.1 Å². The Balaban J connectivity index is 1.16. The highest BCUT2D eigenvalue weighted by molar-refractivity contribution is 5.99. The Morgan fingerprint density at radius 2 is 1.39 bits per heavy atom. The molecular weight excluding hydrogens is 476 g/mol. The van der Waals surface area contributed by atoms with Crippen molar-refractivity contribution in [1.82, 2.24) is 9.47 Å². The summed E-state index contributed by atoms with van der Waals surface area (Å²) in [5, 5.41) is 5.43. The van der Waals surface area contributed by atoms with E-state index in [1.54, 1.807) is 22.8 Å². The molecule has 1 aromatic heterocycles. The second kappa shape index (κ2) is 10.0. The van der Waals surface area contributed by atoms with E-state index in [9.17, 15) is 14.4 Å². The predicted octanol–water partition coefficient (Wildman–Crippen LogP) is 5.42. The van der Waals surface area contributed by atoms with E-state index in [1.165, 1.54) is 0 Å². The normalized spacial score (nSPS) is 17.8. The molecule has 3 heterocycles. The van der Waals surface area contributed by atoms with E-state index in [-0.39, 0.29) is 29.0 Å². The Bertz CT molecular complexity index is 1530. The third-order valence-electron chi connectivity index (χ3n) is 7.41. The number of amides is 3. The van der Waals surface area contributed by atoms with Gasteiger partial charge in [0, 0.05) is 42.5 Å². The van der Waals surface area contributed by atoms with Crippen LogP contribution in [0, 0.1) is 5.92 Å². The number of carbonyl (C=O) groups is 2. The van der Waals surface area contributed by atoms with E-state index in [2.05, 4.69) is 22.8 Å². The Labute approximate surface area is 220 Å². The third kappa shape index (κ3) is 4.70. The number of nitrogens with one attached hydrogen (secondary N) is 2. The van der Waals surface area contributed by atoms with Crippen molar-refractivity contribution < 1.29 is 9.59 Å². The summed E-state index contributed by atoms with van der Waals surface area (Å²) in [7, 11) is 0. The second-order valence-corrected chi connectivity index (χ2v) is 9.98. The highest BCUT2D eigenvalue weighted by atomic mass is 16.2. The van der Waals surface area contributed by atoms with Gasteiger partial charge in [0.15, 0.2) is 0 Å². The van der Waals surface area contributed by atoms with Gasteiger partial charge in [0.1, 0.15) is 5.69 Å². The number of nitrogens with zero attached hydrogens (tertiary/aromatic N) is 2. The van der Waals surface area contributed by atoms with Crippen LogP contribution in [0.25, 0.3) is 11.1 Å². The Morgan fingerprint density at radius 1 is 0.711 bits per heavy atom. The summed E-state index contributed by atoms with van der Waals surface area (Å²) in [5.41, 5.74) is 4.46. The monoisotopic (exact) mass is 504 g/mol. The van der Waals surface area contributed by atoms with Gasteiger partial charge < -0.3 is 20.1 Å². The molecule has 3 aromatic carbocycles. The van der Waals surface area contributed by atoms with Crippen LogP contribution in [0.5, 0.6) is 0 Å². The molecule has 1 fully saturated rings. The summed E-state index contributed by atoms with van der Waals surface area (Å²) in [5.74, 6) is 0.279. The van der Waals surface area contributed by atoms with E-state index < -0.39 is 6.03 Å². The van der Waals surface area contributed by atoms with Crippen LogP contribution in [0.1, 0.15) is 28.4 Å². The molecule has 2 atom stereocenters. The number of rotatable bonds is 4. The summed E-state index contributed by atoms with van der Waals surface area (Å²) in [6, 6.07) is 30.1. The molecule has 0 spiro atoms. The molecule has 6 rings (SSSR count). The molecule has 190 valence electrons. The minimum Gasteiger partial charge on any atom is -0.338 e. The Hall–Kier alpha value is -4.65. The molecular formula is C31H28N4O3. The first-order valence-corrected chi connectivity index (χ1v) is 12.9. The van der Waals surface area contributed by atoms with Crippen LogP contribution in [0.15, 0.2) is 102 Å². The predicted molar refractivity (Wildman–Crippen MR) is 148 cm³/mol. The number of anilines is 2. The molecule has 7 heteroatoms. The van der Waals surface area contributed by atoms with Crippen LogP contribution in [-0.4, -0.2) is 34.5 Å². The van der Waals surface area contributed by atoms with Gasteiger partial charge in [0.05, 0.1) is 0 Å². The van der Waals surface area contributed by atoms with Gasteiger partial charge >= 0.3 is 6.03 Å². The van der Waals surface area contributed by atoms with Gasteiger partial charge in [-0.1, -0.05) is 60.7 Å². The number of carbonyl (C=O) groups excluding carboxylic acids is 2. The summed E-state index contributed by atoms with van der Waals surface area (Å²) in [4.78, 5) is 41.0. The zero-order chi connectivity index (χ0) is 26.1. The fourth-order valence-electron chi connectivity index (χ4n) is 5.63. The molecule has 0 aliphatic carbocycles. The van der Waals surface area contributed by atoms with Crippen LogP contribution in [0.2, 0.25) is 0 Å². The lowest BCUT2D eigenvalue weighted by molar-refractivity contribution is 0.0594. The van der Waals surface area contributed by atoms with Gasteiger partial charge in [-0.15, -0.1) is 0 Å². The minimum atomic E-state index is -0.458. The highest BCUT2D eigenvalue weighted by Gasteiger charge is 2.37. The number of benzene rings is 3. The highest BCUT2D eigenvalue weighted by Crippen LogP contribution is 2.36. The van der Waals surface area contributed by atoms with E-state index in [0.717, 1.165) is 23.2 Å². The van der Waals surface area contributed by atoms with Crippen molar-refractivity contribution in [2.75, 3.05) is 23.7 Å². The molecule has 0 unspecified atom stereocenters. The molecule has 3 amide bonds. The first-order chi connectivity index (χ1) is 18.5. The lowest BCUT2D eigenvalue weighted by atomic mass is 9.83. The van der Waals surface area contributed by atoms with Gasteiger partial charge in [0.2, 0.25) is 0 Å². The first-order valence-electron chi connectivity index (χ1n) is 12.9. The molecule has 2 N–H and O–H groups in total. The molecule has 2 aliphatic heterocycles. The number of hydrogen-bond donors (Lipinski definition) is 2. The number of urea groups is 1. The van der Waals surface area contributed by atoms with Gasteiger partial charge in [-0.05, 0) is 59.9 Å². The number of para-hydroxylation sites is 1. The number of piperidine rings is 1. The zero-order valence-electron chi connectivity index (χ0n) is 20.8. The second-order valence-electron chi connectivity index (χ2n) is 9.98. The summed E-state index contributed by atoms with van der Waals surface area (Å²) in [6.07, 6.45) is 0.942. The summed E-state index contributed by atoms with van der Waals surface area (Å²) >= 11 is 0. The molecule has 2 bridgehead atoms. The topological polar surface area (TPSA) is 83.4 Å². The van der Waals surface area contributed by atoms with Gasteiger partial charge in [0.25, 0.3) is 11.5 Å². The number of likely N-dealkylation sites (tertiary alicyclic amines) is 1. The molecule has 2 aliphatic rings. The first kappa shape index (κ1) is 23.7. The van der Waals surface area contributed by atoms with Crippen LogP contribution in [0.4, 0.5) is 16.2 Å². The van der Waals surface area contributed by atoms with E-state index in [0.29, 0.717) is 30.9 Å². The molecule has 0 saturated carbocycles. The van der Waals surface area contributed by atoms with Crippen molar-refractivity contribution in [2.45, 2.75) is 18.9 Å². The maximum atomic E-state index is 13.4. The number of fused-ring (bicyclic) bond motifs is 4. The van der Waals surface area contributed by atoms with Crippen LogP contribution >= 0.6 is 0 Å². The minimum absolute atomic E-state index is 0.0194. The maximum Gasteiger partial charge on any atom is 0.323 e. The van der Waals surface area contributed by atoms with Gasteiger partial charge in [-0.25, -0.2) is 4.79 Å². The number of aromatic nitrogens is 1. The zero-order valence-corrected chi connectivity index (χ0v) is 20.8. The van der Waals surface area contributed by atoms with Gasteiger partial charge in [-0.2, -0.15) is 0 Å². The SMILES string of the molecule is O=C(Nc1ccccc1)Nc1ccc2n(c1=O)C[C@H]1C[C@@H]2CN(C(=O)c2ccc(-c3ccccc3)cc2)C1. The fraction of sp³-hybridized carbons (Fsp3) is 0.194. The fourth-order valence-corrected chi connectivity index (χ4v) is 5.63. The Kier molecular flexibility index (Phi) is 6.25. The molecule has 0 radical (unpaired) electrons. The van der Waals surface area contributed by atoms with Crippen molar-refractivity contribution in [2.24, 2.45) is 5.92 Å². The summed E-state index contributed by atoms with van der Waals surface area (Å²) < 4.78 is 1.77. The van der Waals surface area contributed by atoms with Crippen molar-refractivity contribution >= 4 is 23.3 Å². The van der Waals surface area contributed by atoms with Crippen LogP contribution in [0.3, 0.4) is 0 Å². The average molecular weight is 505 g/mol. The number of hydrogen-bond acceptors (Lipinski definition) is 3. The quantitative estimate of drug-likeness (QED) is 0.389. The maximum absolute atomic E-state index is 13.4. The third-order valence-corrected chi connectivity index (χ3v) is 7.41. The number of pyridine rings is 1. The lowest BCUT2D eigenvalue weighted by Gasteiger charge is -2.43.